The van der Waals surface area contributed by atoms with Crippen LogP contribution in [0.1, 0.15) is 26.3 Å². The highest BCUT2D eigenvalue weighted by molar-refractivity contribution is 7.88. The van der Waals surface area contributed by atoms with Gasteiger partial charge in [-0.3, -0.25) is 4.79 Å². The first-order valence-corrected chi connectivity index (χ1v) is 9.67. The van der Waals surface area contributed by atoms with Gasteiger partial charge in [-0.2, -0.15) is 0 Å². The van der Waals surface area contributed by atoms with E-state index in [1.165, 1.54) is 6.92 Å². The lowest BCUT2D eigenvalue weighted by molar-refractivity contribution is -0.116. The van der Waals surface area contributed by atoms with E-state index in [-0.39, 0.29) is 12.5 Å². The van der Waals surface area contributed by atoms with Crippen LogP contribution in [0.3, 0.4) is 0 Å². The van der Waals surface area contributed by atoms with Crippen LogP contribution in [0, 0.1) is 6.92 Å². The molecule has 6 nitrogen and oxygen atoms in total. The van der Waals surface area contributed by atoms with Crippen molar-refractivity contribution in [1.29, 1.82) is 0 Å². The van der Waals surface area contributed by atoms with Crippen LogP contribution in [0.5, 0.6) is 0 Å². The zero-order valence-corrected chi connectivity index (χ0v) is 15.4. The van der Waals surface area contributed by atoms with Gasteiger partial charge < -0.3 is 9.80 Å². The van der Waals surface area contributed by atoms with Crippen LogP contribution in [-0.2, 0) is 14.8 Å². The molecule has 0 heterocycles. The highest BCUT2D eigenvalue weighted by Gasteiger charge is 2.15. The molecule has 0 aromatic heterocycles. The number of nitrogens with one attached hydrogen (secondary N) is 1. The van der Waals surface area contributed by atoms with Crippen LogP contribution in [0.2, 0.25) is 0 Å². The van der Waals surface area contributed by atoms with E-state index in [0.717, 1.165) is 36.3 Å². The summed E-state index contributed by atoms with van der Waals surface area (Å²) >= 11 is 0. The molecule has 0 spiro atoms. The van der Waals surface area contributed by atoms with E-state index in [2.05, 4.69) is 29.5 Å². The van der Waals surface area contributed by atoms with Crippen molar-refractivity contribution in [2.75, 3.05) is 42.2 Å². The predicted octanol–water partition coefficient (Wildman–Crippen LogP) is 1.74. The fraction of sp³-hybridized carbons (Fsp3) is 0.562. The molecule has 1 aromatic rings. The summed E-state index contributed by atoms with van der Waals surface area (Å²) in [4.78, 5) is 15.8. The van der Waals surface area contributed by atoms with E-state index in [9.17, 15) is 13.2 Å². The maximum absolute atomic E-state index is 11.9. The molecule has 0 saturated carbocycles. The van der Waals surface area contributed by atoms with Gasteiger partial charge >= 0.3 is 0 Å². The minimum absolute atomic E-state index is 0.112. The van der Waals surface area contributed by atoms with Crippen LogP contribution in [0.25, 0.3) is 0 Å². The van der Waals surface area contributed by atoms with Crippen LogP contribution in [-0.4, -0.2) is 46.8 Å². The molecule has 1 aromatic carbocycles. The Kier molecular flexibility index (Phi) is 7.02. The van der Waals surface area contributed by atoms with Crippen molar-refractivity contribution in [1.82, 2.24) is 4.72 Å². The predicted molar refractivity (Wildman–Crippen MR) is 95.6 cm³/mol. The fourth-order valence-corrected chi connectivity index (χ4v) is 2.98. The maximum atomic E-state index is 11.9. The zero-order valence-electron chi connectivity index (χ0n) is 14.6. The van der Waals surface area contributed by atoms with Gasteiger partial charge in [-0.25, -0.2) is 13.1 Å². The van der Waals surface area contributed by atoms with E-state index < -0.39 is 10.0 Å². The molecule has 0 aliphatic rings. The summed E-state index contributed by atoms with van der Waals surface area (Å²) in [6.07, 6.45) is 1.11. The molecule has 1 N–H and O–H groups in total. The first kappa shape index (κ1) is 19.4. The van der Waals surface area contributed by atoms with Crippen LogP contribution in [0.15, 0.2) is 18.2 Å². The van der Waals surface area contributed by atoms with E-state index in [0.29, 0.717) is 6.54 Å². The van der Waals surface area contributed by atoms with E-state index in [1.807, 2.05) is 19.1 Å². The summed E-state index contributed by atoms with van der Waals surface area (Å²) in [6, 6.07) is 5.97. The summed E-state index contributed by atoms with van der Waals surface area (Å²) in [5.74, 6) is -0.112. The minimum Gasteiger partial charge on any atom is -0.372 e. The molecule has 0 aliphatic carbocycles. The topological polar surface area (TPSA) is 69.7 Å². The van der Waals surface area contributed by atoms with Crippen molar-refractivity contribution in [3.8, 4) is 0 Å². The van der Waals surface area contributed by atoms with E-state index >= 15 is 0 Å². The van der Waals surface area contributed by atoms with Gasteiger partial charge in [0.05, 0.1) is 6.26 Å². The normalized spacial score (nSPS) is 11.3. The Morgan fingerprint density at radius 1 is 1.22 bits per heavy atom. The molecule has 1 rings (SSSR count). The van der Waals surface area contributed by atoms with Gasteiger partial charge in [-0.05, 0) is 44.5 Å². The molecule has 0 atom stereocenters. The average Bonchev–Trinajstić information content (AvgIpc) is 2.44. The third kappa shape index (κ3) is 5.84. The first-order chi connectivity index (χ1) is 10.7. The fourth-order valence-electron chi connectivity index (χ4n) is 2.52. The molecule has 0 saturated heterocycles. The average molecular weight is 341 g/mol. The summed E-state index contributed by atoms with van der Waals surface area (Å²) in [7, 11) is -3.26. The number of rotatable bonds is 8. The highest BCUT2D eigenvalue weighted by atomic mass is 32.2. The number of aryl methyl sites for hydroxylation is 1. The van der Waals surface area contributed by atoms with Crippen molar-refractivity contribution in [3.05, 3.63) is 23.8 Å². The van der Waals surface area contributed by atoms with E-state index in [4.69, 9.17) is 0 Å². The van der Waals surface area contributed by atoms with Crippen molar-refractivity contribution in [3.63, 3.8) is 0 Å². The second-order valence-electron chi connectivity index (χ2n) is 5.48. The summed E-state index contributed by atoms with van der Waals surface area (Å²) in [6.45, 7) is 9.98. The molecule has 0 fully saturated rings. The molecular formula is C16H27N3O3S. The summed E-state index contributed by atoms with van der Waals surface area (Å²) < 4.78 is 24.7. The van der Waals surface area contributed by atoms with Gasteiger partial charge in [-0.1, -0.05) is 0 Å². The summed E-state index contributed by atoms with van der Waals surface area (Å²) in [5, 5.41) is 0. The molecular weight excluding hydrogens is 314 g/mol. The number of hydrogen-bond acceptors (Lipinski definition) is 4. The third-order valence-electron chi connectivity index (χ3n) is 3.68. The highest BCUT2D eigenvalue weighted by Crippen LogP contribution is 2.25. The van der Waals surface area contributed by atoms with Gasteiger partial charge in [-0.15, -0.1) is 0 Å². The molecule has 1 amide bonds. The molecule has 7 heteroatoms. The lowest BCUT2D eigenvalue weighted by atomic mass is 10.1. The third-order valence-corrected chi connectivity index (χ3v) is 4.41. The Hall–Kier alpha value is -1.60. The summed E-state index contributed by atoms with van der Waals surface area (Å²) in [5.41, 5.74) is 2.92. The van der Waals surface area contributed by atoms with E-state index in [1.54, 1.807) is 4.90 Å². The molecule has 0 unspecified atom stereocenters. The number of amides is 1. The van der Waals surface area contributed by atoms with Gasteiger partial charge in [0.1, 0.15) is 0 Å². The van der Waals surface area contributed by atoms with Crippen LogP contribution < -0.4 is 14.5 Å². The second kappa shape index (κ2) is 8.31. The van der Waals surface area contributed by atoms with Gasteiger partial charge in [0.25, 0.3) is 0 Å². The number of nitrogens with zero attached hydrogens (tertiary/aromatic N) is 2. The minimum atomic E-state index is -3.26. The van der Waals surface area contributed by atoms with Crippen LogP contribution in [0.4, 0.5) is 11.4 Å². The van der Waals surface area contributed by atoms with Crippen molar-refractivity contribution < 1.29 is 13.2 Å². The molecule has 130 valence electrons. The lowest BCUT2D eigenvalue weighted by Gasteiger charge is -2.26. The Morgan fingerprint density at radius 3 is 2.26 bits per heavy atom. The van der Waals surface area contributed by atoms with Gasteiger partial charge in [0.2, 0.25) is 15.9 Å². The molecule has 0 aliphatic heterocycles. The largest absolute Gasteiger partial charge is 0.372 e. The first-order valence-electron chi connectivity index (χ1n) is 7.78. The number of carbonyl (C=O) groups excluding carboxylic acids is 1. The van der Waals surface area contributed by atoms with Crippen molar-refractivity contribution >= 4 is 27.3 Å². The number of sulfonamides is 1. The number of anilines is 2. The molecule has 23 heavy (non-hydrogen) atoms. The standard InChI is InChI=1S/C16H27N3O3S/c1-6-18(7-2)15-8-9-16(13(3)12-15)19(14(4)20)11-10-17-23(5,21)22/h8-9,12,17H,6-7,10-11H2,1-5H3. The smallest absolute Gasteiger partial charge is 0.223 e. The molecule has 0 radical (unpaired) electrons. The number of hydrogen-bond donors (Lipinski definition) is 1. The quantitative estimate of drug-likeness (QED) is 0.782. The number of benzene rings is 1. The monoisotopic (exact) mass is 341 g/mol. The Balaban J connectivity index is 2.97. The zero-order chi connectivity index (χ0) is 17.6. The van der Waals surface area contributed by atoms with Gasteiger partial charge in [0.15, 0.2) is 0 Å². The van der Waals surface area contributed by atoms with Gasteiger partial charge in [0, 0.05) is 44.5 Å². The van der Waals surface area contributed by atoms with Crippen molar-refractivity contribution in [2.45, 2.75) is 27.7 Å². The molecule has 0 bridgehead atoms. The maximum Gasteiger partial charge on any atom is 0.223 e. The lowest BCUT2D eigenvalue weighted by Crippen LogP contribution is -2.37. The SMILES string of the molecule is CCN(CC)c1ccc(N(CCNS(C)(=O)=O)C(C)=O)c(C)c1. The number of carbonyl (C=O) groups is 1. The van der Waals surface area contributed by atoms with Crippen LogP contribution >= 0.6 is 0 Å². The Morgan fingerprint density at radius 2 is 1.83 bits per heavy atom. The Labute approximate surface area is 139 Å². The Bertz CT molecular complexity index is 640. The van der Waals surface area contributed by atoms with Crippen molar-refractivity contribution in [2.24, 2.45) is 0 Å². The second-order valence-corrected chi connectivity index (χ2v) is 7.31.